The number of hydrogen-bond acceptors (Lipinski definition) is 3. The number of thioether (sulfide) groups is 1. The molecule has 1 amide bonds. The number of aliphatic imine (C=N–C) groups is 1. The molecule has 0 spiro atoms. The largest absolute Gasteiger partial charge is 0.306 e. The zero-order valence-corrected chi connectivity index (χ0v) is 6.65. The van der Waals surface area contributed by atoms with Gasteiger partial charge in [-0.2, -0.15) is 0 Å². The number of amides is 1. The normalized spacial score (nSPS) is 15.4. The summed E-state index contributed by atoms with van der Waals surface area (Å²) in [5.41, 5.74) is 0. The van der Waals surface area contributed by atoms with Gasteiger partial charge in [0.25, 0.3) is 6.54 Å². The summed E-state index contributed by atoms with van der Waals surface area (Å²) in [7, 11) is 0. The average molecular weight is 169 g/mol. The Labute approximate surface area is 68.9 Å². The first-order chi connectivity index (χ1) is 5.33. The van der Waals surface area contributed by atoms with E-state index in [4.69, 9.17) is 6.57 Å². The van der Waals surface area contributed by atoms with Gasteiger partial charge in [-0.05, 0) is 0 Å². The van der Waals surface area contributed by atoms with Crippen LogP contribution < -0.4 is 5.32 Å². The summed E-state index contributed by atoms with van der Waals surface area (Å²) in [6, 6.07) is 0. The van der Waals surface area contributed by atoms with Crippen LogP contribution >= 0.6 is 11.8 Å². The molecule has 0 aromatic carbocycles. The van der Waals surface area contributed by atoms with Crippen molar-refractivity contribution in [2.24, 2.45) is 4.99 Å². The van der Waals surface area contributed by atoms with Crippen LogP contribution in [0.25, 0.3) is 4.85 Å². The summed E-state index contributed by atoms with van der Waals surface area (Å²) in [5.74, 6) is 0.654. The first-order valence-electron chi connectivity index (χ1n) is 3.13. The lowest BCUT2D eigenvalue weighted by molar-refractivity contribution is -0.117. The highest BCUT2D eigenvalue weighted by Crippen LogP contribution is 2.08. The number of hydrogen-bond donors (Lipinski definition) is 1. The molecule has 1 heterocycles. The van der Waals surface area contributed by atoms with Crippen molar-refractivity contribution in [3.8, 4) is 0 Å². The summed E-state index contributed by atoms with van der Waals surface area (Å²) in [4.78, 5) is 17.7. The van der Waals surface area contributed by atoms with Crippen LogP contribution in [0.2, 0.25) is 0 Å². The minimum absolute atomic E-state index is 0.112. The van der Waals surface area contributed by atoms with Crippen LogP contribution in [0.3, 0.4) is 0 Å². The zero-order valence-electron chi connectivity index (χ0n) is 5.83. The molecular formula is C6H7N3OS. The highest BCUT2D eigenvalue weighted by Gasteiger charge is 2.11. The van der Waals surface area contributed by atoms with E-state index >= 15 is 0 Å². The maximum absolute atomic E-state index is 10.8. The Balaban J connectivity index is 2.31. The predicted octanol–water partition coefficient (Wildman–Crippen LogP) is 0.125. The molecule has 0 aliphatic carbocycles. The van der Waals surface area contributed by atoms with E-state index in [2.05, 4.69) is 15.2 Å². The van der Waals surface area contributed by atoms with Gasteiger partial charge in [0, 0.05) is 5.75 Å². The van der Waals surface area contributed by atoms with Crippen molar-refractivity contribution in [2.45, 2.75) is 0 Å². The van der Waals surface area contributed by atoms with Gasteiger partial charge in [0.1, 0.15) is 0 Å². The van der Waals surface area contributed by atoms with Gasteiger partial charge >= 0.3 is 5.91 Å². The Kier molecular flexibility index (Phi) is 2.93. The molecule has 5 heteroatoms. The van der Waals surface area contributed by atoms with Crippen molar-refractivity contribution in [2.75, 3.05) is 18.8 Å². The minimum atomic E-state index is -0.270. The Bertz CT molecular complexity index is 230. The summed E-state index contributed by atoms with van der Waals surface area (Å²) < 4.78 is 0. The Morgan fingerprint density at radius 3 is 3.27 bits per heavy atom. The quantitative estimate of drug-likeness (QED) is 0.567. The number of carbonyl (C=O) groups is 1. The van der Waals surface area contributed by atoms with E-state index in [0.717, 1.165) is 12.3 Å². The molecule has 0 saturated carbocycles. The van der Waals surface area contributed by atoms with Crippen LogP contribution in [-0.2, 0) is 4.79 Å². The molecule has 0 unspecified atom stereocenters. The number of nitrogens with one attached hydrogen (secondary N) is 1. The summed E-state index contributed by atoms with van der Waals surface area (Å²) in [6.07, 6.45) is 0. The van der Waals surface area contributed by atoms with Gasteiger partial charge in [0.15, 0.2) is 5.17 Å². The van der Waals surface area contributed by atoms with Crippen LogP contribution in [0.1, 0.15) is 0 Å². The topological polar surface area (TPSA) is 45.8 Å². The molecule has 11 heavy (non-hydrogen) atoms. The lowest BCUT2D eigenvalue weighted by Gasteiger charge is -1.96. The fourth-order valence-electron chi connectivity index (χ4n) is 0.641. The first kappa shape index (κ1) is 8.08. The van der Waals surface area contributed by atoms with E-state index < -0.39 is 0 Å². The molecule has 1 aliphatic rings. The monoisotopic (exact) mass is 169 g/mol. The smallest absolute Gasteiger partial charge is 0.306 e. The van der Waals surface area contributed by atoms with Crippen LogP contribution in [0.4, 0.5) is 0 Å². The Morgan fingerprint density at radius 2 is 2.73 bits per heavy atom. The second kappa shape index (κ2) is 3.98. The van der Waals surface area contributed by atoms with Gasteiger partial charge < -0.3 is 4.85 Å². The van der Waals surface area contributed by atoms with Crippen molar-refractivity contribution in [1.82, 2.24) is 5.32 Å². The minimum Gasteiger partial charge on any atom is -0.306 e. The summed E-state index contributed by atoms with van der Waals surface area (Å²) >= 11 is 1.51. The second-order valence-corrected chi connectivity index (χ2v) is 2.98. The lowest BCUT2D eigenvalue weighted by Crippen LogP contribution is -2.28. The van der Waals surface area contributed by atoms with Crippen molar-refractivity contribution in [3.05, 3.63) is 11.4 Å². The Hall–Kier alpha value is -1.02. The van der Waals surface area contributed by atoms with Crippen molar-refractivity contribution < 1.29 is 4.79 Å². The molecule has 0 fully saturated rings. The molecule has 58 valence electrons. The van der Waals surface area contributed by atoms with Crippen LogP contribution in [0, 0.1) is 6.57 Å². The molecule has 1 aliphatic heterocycles. The van der Waals surface area contributed by atoms with Gasteiger partial charge in [-0.3, -0.25) is 15.1 Å². The van der Waals surface area contributed by atoms with E-state index in [0.29, 0.717) is 5.17 Å². The zero-order chi connectivity index (χ0) is 8.10. The van der Waals surface area contributed by atoms with Gasteiger partial charge in [0.05, 0.1) is 6.54 Å². The predicted molar refractivity (Wildman–Crippen MR) is 44.4 cm³/mol. The van der Waals surface area contributed by atoms with Crippen molar-refractivity contribution in [3.63, 3.8) is 0 Å². The number of carbonyl (C=O) groups excluding carboxylic acids is 1. The number of rotatable bonds is 1. The summed E-state index contributed by atoms with van der Waals surface area (Å²) in [5, 5.41) is 3.19. The molecule has 0 aromatic rings. The molecule has 0 saturated heterocycles. The third kappa shape index (κ3) is 2.60. The van der Waals surface area contributed by atoms with Crippen molar-refractivity contribution >= 4 is 22.8 Å². The van der Waals surface area contributed by atoms with Crippen LogP contribution in [0.5, 0.6) is 0 Å². The van der Waals surface area contributed by atoms with Crippen LogP contribution in [-0.4, -0.2) is 29.9 Å². The highest BCUT2D eigenvalue weighted by molar-refractivity contribution is 8.14. The molecular weight excluding hydrogens is 162 g/mol. The molecule has 0 atom stereocenters. The molecule has 0 radical (unpaired) electrons. The molecule has 1 rings (SSSR count). The van der Waals surface area contributed by atoms with E-state index in [1.807, 2.05) is 0 Å². The van der Waals surface area contributed by atoms with Crippen molar-refractivity contribution in [1.29, 1.82) is 0 Å². The van der Waals surface area contributed by atoms with E-state index in [1.54, 1.807) is 0 Å². The third-order valence-corrected chi connectivity index (χ3v) is 1.95. The van der Waals surface area contributed by atoms with Gasteiger partial charge in [-0.25, -0.2) is 6.57 Å². The van der Waals surface area contributed by atoms with Gasteiger partial charge in [0.2, 0.25) is 0 Å². The van der Waals surface area contributed by atoms with Gasteiger partial charge in [-0.1, -0.05) is 11.8 Å². The highest BCUT2D eigenvalue weighted by atomic mass is 32.2. The number of amidine groups is 1. The van der Waals surface area contributed by atoms with E-state index in [1.165, 1.54) is 11.8 Å². The fourth-order valence-corrected chi connectivity index (χ4v) is 1.39. The Morgan fingerprint density at radius 1 is 1.91 bits per heavy atom. The van der Waals surface area contributed by atoms with E-state index in [9.17, 15) is 4.79 Å². The molecule has 0 aromatic heterocycles. The van der Waals surface area contributed by atoms with Gasteiger partial charge in [-0.15, -0.1) is 0 Å². The maximum Gasteiger partial charge on any atom is 0.306 e. The van der Waals surface area contributed by atoms with Crippen LogP contribution in [0.15, 0.2) is 4.99 Å². The number of nitrogens with zero attached hydrogens (tertiary/aromatic N) is 2. The SMILES string of the molecule is [C-]#[N+]CC(=O)NC1=NCCS1. The summed E-state index contributed by atoms with van der Waals surface area (Å²) in [6.45, 7) is 7.08. The third-order valence-electron chi connectivity index (χ3n) is 1.05. The molecule has 4 nitrogen and oxygen atoms in total. The van der Waals surface area contributed by atoms with E-state index in [-0.39, 0.29) is 12.5 Å². The lowest BCUT2D eigenvalue weighted by atomic mass is 10.6. The molecule has 0 bridgehead atoms. The standard InChI is InChI=1S/C6H7N3OS/c1-7-4-5(10)9-6-8-2-3-11-6/h2-4H2,(H,8,9,10). The first-order valence-corrected chi connectivity index (χ1v) is 4.12. The maximum atomic E-state index is 10.8. The fraction of sp³-hybridized carbons (Fsp3) is 0.500. The average Bonchev–Trinajstić information content (AvgIpc) is 2.40. The second-order valence-electron chi connectivity index (χ2n) is 1.90. The molecule has 1 N–H and O–H groups in total.